The van der Waals surface area contributed by atoms with Crippen molar-refractivity contribution in [1.29, 1.82) is 0 Å². The summed E-state index contributed by atoms with van der Waals surface area (Å²) in [5, 5.41) is 0. The summed E-state index contributed by atoms with van der Waals surface area (Å²) in [5.41, 5.74) is 0.479. The number of pyridine rings is 1. The third-order valence-electron chi connectivity index (χ3n) is 2.93. The molecule has 1 aromatic heterocycles. The maximum Gasteiger partial charge on any atom is 0.339 e. The second-order valence-electron chi connectivity index (χ2n) is 4.39. The second kappa shape index (κ2) is 4.76. The Morgan fingerprint density at radius 3 is 2.56 bits per heavy atom. The van der Waals surface area contributed by atoms with Crippen molar-refractivity contribution in [3.05, 3.63) is 33.2 Å². The Morgan fingerprint density at radius 2 is 2.06 bits per heavy atom. The Balaban J connectivity index is 2.52. The molecule has 0 aromatic carbocycles. The summed E-state index contributed by atoms with van der Waals surface area (Å²) in [7, 11) is 0. The summed E-state index contributed by atoms with van der Waals surface area (Å²) < 4.78 is 4.95. The number of carbonyl (C=O) groups excluding carboxylic acids is 2. The summed E-state index contributed by atoms with van der Waals surface area (Å²) in [5.74, 6) is -0.639. The van der Waals surface area contributed by atoms with E-state index in [0.29, 0.717) is 11.3 Å². The number of ketones is 1. The first-order chi connectivity index (χ1) is 8.54. The van der Waals surface area contributed by atoms with Crippen molar-refractivity contribution in [3.63, 3.8) is 0 Å². The topological polar surface area (TPSA) is 76.2 Å². The molecule has 1 saturated carbocycles. The molecule has 0 saturated heterocycles. The zero-order chi connectivity index (χ0) is 13.3. The lowest BCUT2D eigenvalue weighted by molar-refractivity contribution is 0.0524. The number of aromatic nitrogens is 1. The maximum absolute atomic E-state index is 11.8. The van der Waals surface area contributed by atoms with E-state index in [-0.39, 0.29) is 23.9 Å². The molecular formula is C13H15NO4. The fraction of sp³-hybridized carbons (Fsp3) is 0.462. The smallest absolute Gasteiger partial charge is 0.339 e. The van der Waals surface area contributed by atoms with Gasteiger partial charge in [-0.1, -0.05) is 0 Å². The number of esters is 1. The van der Waals surface area contributed by atoms with Crippen LogP contribution in [0.4, 0.5) is 0 Å². The molecule has 1 aliphatic rings. The lowest BCUT2D eigenvalue weighted by Crippen LogP contribution is -2.21. The molecule has 5 heteroatoms. The average Bonchev–Trinajstić information content (AvgIpc) is 3.12. The number of H-pyrrole nitrogens is 1. The molecule has 1 aliphatic carbocycles. The third-order valence-corrected chi connectivity index (χ3v) is 2.93. The summed E-state index contributed by atoms with van der Waals surface area (Å²) in [6.45, 7) is 3.28. The average molecular weight is 249 g/mol. The number of aromatic amines is 1. The van der Waals surface area contributed by atoms with Gasteiger partial charge in [-0.2, -0.15) is 0 Å². The van der Waals surface area contributed by atoms with E-state index in [1.54, 1.807) is 6.92 Å². The Kier molecular flexibility index (Phi) is 3.32. The normalized spacial score (nSPS) is 14.3. The van der Waals surface area contributed by atoms with Gasteiger partial charge >= 0.3 is 5.97 Å². The lowest BCUT2D eigenvalue weighted by Gasteiger charge is -2.09. The number of ether oxygens (including phenoxy) is 1. The highest BCUT2D eigenvalue weighted by Crippen LogP contribution is 2.40. The van der Waals surface area contributed by atoms with Crippen molar-refractivity contribution in [1.82, 2.24) is 4.98 Å². The number of hydrogen-bond donors (Lipinski definition) is 1. The number of nitrogens with one attached hydrogen (secondary N) is 1. The Hall–Kier alpha value is -1.91. The fourth-order valence-electron chi connectivity index (χ4n) is 1.88. The molecule has 0 atom stereocenters. The van der Waals surface area contributed by atoms with Gasteiger partial charge < -0.3 is 9.72 Å². The summed E-state index contributed by atoms with van der Waals surface area (Å²) >= 11 is 0. The largest absolute Gasteiger partial charge is 0.462 e. The van der Waals surface area contributed by atoms with Gasteiger partial charge in [0, 0.05) is 11.6 Å². The SMILES string of the molecule is CCOC(=O)c1cc(C(C)=O)c(=O)[nH]c1C1CC1. The number of Topliss-reactive ketones (excluding diaryl/α,β-unsaturated/α-hetero) is 1. The minimum absolute atomic E-state index is 0.00227. The van der Waals surface area contributed by atoms with Crippen LogP contribution in [0.2, 0.25) is 0 Å². The van der Waals surface area contributed by atoms with E-state index < -0.39 is 11.5 Å². The summed E-state index contributed by atoms with van der Waals surface area (Å²) in [4.78, 5) is 37.5. The van der Waals surface area contributed by atoms with Crippen molar-refractivity contribution in [2.75, 3.05) is 6.61 Å². The van der Waals surface area contributed by atoms with E-state index in [2.05, 4.69) is 4.98 Å². The van der Waals surface area contributed by atoms with Gasteiger partial charge in [0.05, 0.1) is 17.7 Å². The van der Waals surface area contributed by atoms with Crippen LogP contribution in [0.1, 0.15) is 59.0 Å². The van der Waals surface area contributed by atoms with Crippen LogP contribution in [0.3, 0.4) is 0 Å². The molecule has 0 bridgehead atoms. The molecule has 5 nitrogen and oxygen atoms in total. The van der Waals surface area contributed by atoms with Crippen molar-refractivity contribution in [2.24, 2.45) is 0 Å². The highest BCUT2D eigenvalue weighted by atomic mass is 16.5. The number of rotatable bonds is 4. The van der Waals surface area contributed by atoms with Gasteiger partial charge in [-0.15, -0.1) is 0 Å². The molecule has 0 aliphatic heterocycles. The fourth-order valence-corrected chi connectivity index (χ4v) is 1.88. The van der Waals surface area contributed by atoms with Crippen LogP contribution in [0.25, 0.3) is 0 Å². The summed E-state index contributed by atoms with van der Waals surface area (Å²) in [6, 6.07) is 1.35. The minimum Gasteiger partial charge on any atom is -0.462 e. The van der Waals surface area contributed by atoms with Crippen LogP contribution in [0.5, 0.6) is 0 Å². The molecule has 0 amide bonds. The first-order valence-corrected chi connectivity index (χ1v) is 5.99. The summed E-state index contributed by atoms with van der Waals surface area (Å²) in [6.07, 6.45) is 1.89. The second-order valence-corrected chi connectivity index (χ2v) is 4.39. The Labute approximate surface area is 104 Å². The molecular weight excluding hydrogens is 234 g/mol. The molecule has 1 N–H and O–H groups in total. The minimum atomic E-state index is -0.488. The highest BCUT2D eigenvalue weighted by Gasteiger charge is 2.30. The zero-order valence-electron chi connectivity index (χ0n) is 10.4. The van der Waals surface area contributed by atoms with Crippen LogP contribution in [0, 0.1) is 0 Å². The molecule has 0 spiro atoms. The van der Waals surface area contributed by atoms with Crippen LogP contribution in [-0.4, -0.2) is 23.3 Å². The van der Waals surface area contributed by atoms with E-state index in [9.17, 15) is 14.4 Å². The number of hydrogen-bond acceptors (Lipinski definition) is 4. The van der Waals surface area contributed by atoms with Crippen LogP contribution >= 0.6 is 0 Å². The maximum atomic E-state index is 11.8. The Morgan fingerprint density at radius 1 is 1.39 bits per heavy atom. The molecule has 2 rings (SSSR count). The Bertz CT molecular complexity index is 555. The van der Waals surface area contributed by atoms with E-state index >= 15 is 0 Å². The van der Waals surface area contributed by atoms with Gasteiger partial charge in [-0.25, -0.2) is 4.79 Å². The highest BCUT2D eigenvalue weighted by molar-refractivity contribution is 5.98. The van der Waals surface area contributed by atoms with Gasteiger partial charge in [0.2, 0.25) is 0 Å². The van der Waals surface area contributed by atoms with Crippen molar-refractivity contribution in [3.8, 4) is 0 Å². The molecule has 1 aromatic rings. The molecule has 18 heavy (non-hydrogen) atoms. The molecule has 0 unspecified atom stereocenters. The van der Waals surface area contributed by atoms with E-state index in [1.807, 2.05) is 0 Å². The molecule has 1 fully saturated rings. The predicted molar refractivity (Wildman–Crippen MR) is 65.0 cm³/mol. The van der Waals surface area contributed by atoms with Crippen LogP contribution in [0.15, 0.2) is 10.9 Å². The van der Waals surface area contributed by atoms with Gasteiger partial charge in [0.15, 0.2) is 5.78 Å². The standard InChI is InChI=1S/C13H15NO4/c1-3-18-13(17)10-6-9(7(2)15)12(16)14-11(10)8-4-5-8/h6,8H,3-5H2,1-2H3,(H,14,16). The van der Waals surface area contributed by atoms with Crippen molar-refractivity contribution >= 4 is 11.8 Å². The van der Waals surface area contributed by atoms with E-state index in [4.69, 9.17) is 4.74 Å². The van der Waals surface area contributed by atoms with E-state index in [0.717, 1.165) is 12.8 Å². The van der Waals surface area contributed by atoms with Gasteiger partial charge in [0.1, 0.15) is 0 Å². The predicted octanol–water partition coefficient (Wildman–Crippen LogP) is 1.63. The quantitative estimate of drug-likeness (QED) is 0.650. The van der Waals surface area contributed by atoms with E-state index in [1.165, 1.54) is 13.0 Å². The first-order valence-electron chi connectivity index (χ1n) is 5.99. The van der Waals surface area contributed by atoms with Crippen LogP contribution < -0.4 is 5.56 Å². The zero-order valence-corrected chi connectivity index (χ0v) is 10.4. The first kappa shape index (κ1) is 12.5. The number of carbonyl (C=O) groups is 2. The van der Waals surface area contributed by atoms with Gasteiger partial charge in [0.25, 0.3) is 5.56 Å². The van der Waals surface area contributed by atoms with Crippen LogP contribution in [-0.2, 0) is 4.74 Å². The lowest BCUT2D eigenvalue weighted by atomic mass is 10.1. The van der Waals surface area contributed by atoms with Gasteiger partial charge in [-0.3, -0.25) is 9.59 Å². The monoisotopic (exact) mass is 249 g/mol. The molecule has 96 valence electrons. The molecule has 1 heterocycles. The molecule has 0 radical (unpaired) electrons. The van der Waals surface area contributed by atoms with Crippen molar-refractivity contribution < 1.29 is 14.3 Å². The van der Waals surface area contributed by atoms with Crippen molar-refractivity contribution in [2.45, 2.75) is 32.6 Å². The third kappa shape index (κ3) is 2.34. The van der Waals surface area contributed by atoms with Gasteiger partial charge in [-0.05, 0) is 32.8 Å².